The maximum absolute atomic E-state index is 13.7. The van der Waals surface area contributed by atoms with Crippen LogP contribution >= 0.6 is 15.9 Å². The zero-order valence-corrected chi connectivity index (χ0v) is 17.8. The number of halogens is 2. The molecule has 0 aliphatic rings. The van der Waals surface area contributed by atoms with Crippen LogP contribution in [0.5, 0.6) is 0 Å². The van der Waals surface area contributed by atoms with Gasteiger partial charge in [0.15, 0.2) is 5.69 Å². The van der Waals surface area contributed by atoms with E-state index in [2.05, 4.69) is 20.9 Å². The average molecular weight is 455 g/mol. The van der Waals surface area contributed by atoms with Crippen LogP contribution in [-0.4, -0.2) is 22.0 Å². The fourth-order valence-electron chi connectivity index (χ4n) is 2.83. The molecule has 0 bridgehead atoms. The van der Waals surface area contributed by atoms with E-state index in [1.165, 1.54) is 21.6 Å². The molecule has 28 heavy (non-hydrogen) atoms. The maximum atomic E-state index is 13.7. The van der Waals surface area contributed by atoms with Gasteiger partial charge in [0.1, 0.15) is 11.6 Å². The molecule has 7 nitrogen and oxygen atoms in total. The lowest BCUT2D eigenvalue weighted by molar-refractivity contribution is 0.0982. The molecule has 0 saturated carbocycles. The third kappa shape index (κ3) is 4.70. The molecule has 0 spiro atoms. The van der Waals surface area contributed by atoms with Crippen LogP contribution in [0.1, 0.15) is 38.1 Å². The molecule has 2 rings (SSSR count). The Morgan fingerprint density at radius 1 is 1.25 bits per heavy atom. The quantitative estimate of drug-likeness (QED) is 0.700. The largest absolute Gasteiger partial charge is 0.383 e. The van der Waals surface area contributed by atoms with E-state index in [1.54, 1.807) is 0 Å². The van der Waals surface area contributed by atoms with Crippen molar-refractivity contribution in [2.24, 2.45) is 11.8 Å². The summed E-state index contributed by atoms with van der Waals surface area (Å²) in [5.74, 6) is -1.19. The number of nitrogens with one attached hydrogen (secondary N) is 1. The van der Waals surface area contributed by atoms with Gasteiger partial charge in [-0.25, -0.2) is 9.18 Å². The number of aromatic nitrogens is 2. The molecule has 1 aromatic heterocycles. The van der Waals surface area contributed by atoms with Gasteiger partial charge >= 0.3 is 5.69 Å². The molecular weight excluding hydrogens is 431 g/mol. The van der Waals surface area contributed by atoms with Crippen molar-refractivity contribution in [3.05, 3.63) is 54.9 Å². The van der Waals surface area contributed by atoms with Gasteiger partial charge < -0.3 is 10.6 Å². The van der Waals surface area contributed by atoms with Gasteiger partial charge in [-0.1, -0.05) is 27.7 Å². The predicted octanol–water partition coefficient (Wildman–Crippen LogP) is 2.98. The van der Waals surface area contributed by atoms with E-state index >= 15 is 0 Å². The number of benzene rings is 1. The third-order valence-corrected chi connectivity index (χ3v) is 4.67. The lowest BCUT2D eigenvalue weighted by Crippen LogP contribution is -2.43. The second-order valence-electron chi connectivity index (χ2n) is 7.43. The van der Waals surface area contributed by atoms with Gasteiger partial charge in [0.05, 0.1) is 5.56 Å². The predicted molar refractivity (Wildman–Crippen MR) is 111 cm³/mol. The fraction of sp³-hybridized carbons (Fsp3) is 0.421. The summed E-state index contributed by atoms with van der Waals surface area (Å²) in [4.78, 5) is 41.4. The summed E-state index contributed by atoms with van der Waals surface area (Å²) in [7, 11) is 0. The van der Waals surface area contributed by atoms with Crippen LogP contribution in [0.4, 0.5) is 15.9 Å². The number of H-pyrrole nitrogens is 1. The Balaban J connectivity index is 2.70. The topological polar surface area (TPSA) is 101 Å². The van der Waals surface area contributed by atoms with Crippen molar-refractivity contribution in [2.45, 2.75) is 34.2 Å². The molecule has 0 saturated heterocycles. The van der Waals surface area contributed by atoms with E-state index in [0.29, 0.717) is 4.47 Å². The molecule has 0 fully saturated rings. The third-order valence-electron chi connectivity index (χ3n) is 3.98. The van der Waals surface area contributed by atoms with Gasteiger partial charge in [-0.15, -0.1) is 0 Å². The Kier molecular flexibility index (Phi) is 6.82. The average Bonchev–Trinajstić information content (AvgIpc) is 2.58. The highest BCUT2D eigenvalue weighted by Gasteiger charge is 2.27. The number of aromatic amines is 1. The van der Waals surface area contributed by atoms with Crippen molar-refractivity contribution < 1.29 is 9.18 Å². The Morgan fingerprint density at radius 3 is 2.46 bits per heavy atom. The molecule has 152 valence electrons. The van der Waals surface area contributed by atoms with Gasteiger partial charge in [-0.05, 0) is 46.0 Å². The number of hydrogen-bond donors (Lipinski definition) is 2. The molecule has 1 aromatic carbocycles. The number of anilines is 2. The Hall–Kier alpha value is -2.42. The van der Waals surface area contributed by atoms with Crippen LogP contribution in [0.3, 0.4) is 0 Å². The van der Waals surface area contributed by atoms with E-state index in [0.717, 1.165) is 6.07 Å². The highest BCUT2D eigenvalue weighted by Crippen LogP contribution is 2.25. The maximum Gasteiger partial charge on any atom is 0.330 e. The van der Waals surface area contributed by atoms with E-state index < -0.39 is 23.0 Å². The number of nitrogens with zero attached hydrogens (tertiary/aromatic N) is 2. The second-order valence-corrected chi connectivity index (χ2v) is 8.29. The van der Waals surface area contributed by atoms with E-state index in [-0.39, 0.29) is 42.0 Å². The molecule has 0 unspecified atom stereocenters. The van der Waals surface area contributed by atoms with Gasteiger partial charge in [0.25, 0.3) is 11.5 Å². The summed E-state index contributed by atoms with van der Waals surface area (Å²) >= 11 is 3.25. The normalized spacial score (nSPS) is 11.3. The molecule has 3 N–H and O–H groups in total. The van der Waals surface area contributed by atoms with Gasteiger partial charge in [0, 0.05) is 17.6 Å². The molecular formula is C19H24BrFN4O3. The SMILES string of the molecule is CC(C)CN(C(=O)c1cc(F)ccc1Br)c1c(N)n(CC(C)C)c(=O)[nH]c1=O. The summed E-state index contributed by atoms with van der Waals surface area (Å²) in [6, 6.07) is 3.73. The van der Waals surface area contributed by atoms with Crippen molar-refractivity contribution in [3.8, 4) is 0 Å². The van der Waals surface area contributed by atoms with E-state index in [9.17, 15) is 18.8 Å². The Morgan fingerprint density at radius 2 is 1.89 bits per heavy atom. The minimum atomic E-state index is -0.760. The van der Waals surface area contributed by atoms with Crippen LogP contribution < -0.4 is 21.9 Å². The van der Waals surface area contributed by atoms with Crippen molar-refractivity contribution >= 4 is 33.3 Å². The van der Waals surface area contributed by atoms with Gasteiger partial charge in [0.2, 0.25) is 0 Å². The van der Waals surface area contributed by atoms with Crippen LogP contribution in [0.2, 0.25) is 0 Å². The molecule has 0 atom stereocenters. The zero-order valence-electron chi connectivity index (χ0n) is 16.3. The van der Waals surface area contributed by atoms with Crippen molar-refractivity contribution in [2.75, 3.05) is 17.2 Å². The fourth-order valence-corrected chi connectivity index (χ4v) is 3.25. The molecule has 0 aliphatic heterocycles. The summed E-state index contributed by atoms with van der Waals surface area (Å²) in [6.45, 7) is 7.98. The number of hydrogen-bond acceptors (Lipinski definition) is 4. The smallest absolute Gasteiger partial charge is 0.330 e. The number of rotatable bonds is 6. The van der Waals surface area contributed by atoms with E-state index in [4.69, 9.17) is 5.73 Å². The van der Waals surface area contributed by atoms with Crippen LogP contribution in [0.15, 0.2) is 32.3 Å². The molecule has 0 aliphatic carbocycles. The molecule has 9 heteroatoms. The van der Waals surface area contributed by atoms with Crippen LogP contribution in [0.25, 0.3) is 0 Å². The first kappa shape index (κ1) is 21.9. The molecule has 2 aromatic rings. The lowest BCUT2D eigenvalue weighted by Gasteiger charge is -2.26. The summed E-state index contributed by atoms with van der Waals surface area (Å²) in [5.41, 5.74) is 4.70. The van der Waals surface area contributed by atoms with Gasteiger partial charge in [-0.2, -0.15) is 0 Å². The first-order valence-electron chi connectivity index (χ1n) is 8.92. The highest BCUT2D eigenvalue weighted by atomic mass is 79.9. The summed E-state index contributed by atoms with van der Waals surface area (Å²) in [6.07, 6.45) is 0. The van der Waals surface area contributed by atoms with Crippen LogP contribution in [-0.2, 0) is 6.54 Å². The number of nitrogen functional groups attached to an aromatic ring is 1. The van der Waals surface area contributed by atoms with Crippen molar-refractivity contribution in [1.82, 2.24) is 9.55 Å². The van der Waals surface area contributed by atoms with Crippen molar-refractivity contribution in [1.29, 1.82) is 0 Å². The Labute approximate surface area is 170 Å². The number of carbonyl (C=O) groups excluding carboxylic acids is 1. The zero-order chi connectivity index (χ0) is 21.2. The number of carbonyl (C=O) groups is 1. The molecule has 1 heterocycles. The van der Waals surface area contributed by atoms with Crippen LogP contribution in [0, 0.1) is 17.7 Å². The first-order valence-corrected chi connectivity index (χ1v) is 9.71. The monoisotopic (exact) mass is 454 g/mol. The lowest BCUT2D eigenvalue weighted by atomic mass is 10.1. The number of nitrogens with two attached hydrogens (primary N) is 1. The number of amides is 1. The standard InChI is InChI=1S/C19H24BrFN4O3/c1-10(2)8-24(18(27)13-7-12(21)5-6-14(13)20)15-16(22)25(9-11(3)4)19(28)23-17(15)26/h5-7,10-11H,8-9,22H2,1-4H3,(H,23,26,28). The molecule has 1 amide bonds. The first-order chi connectivity index (χ1) is 13.0. The second kappa shape index (κ2) is 8.72. The highest BCUT2D eigenvalue weighted by molar-refractivity contribution is 9.10. The molecule has 0 radical (unpaired) electrons. The van der Waals surface area contributed by atoms with Gasteiger partial charge in [-0.3, -0.25) is 19.1 Å². The minimum Gasteiger partial charge on any atom is -0.383 e. The summed E-state index contributed by atoms with van der Waals surface area (Å²) in [5, 5.41) is 0. The summed E-state index contributed by atoms with van der Waals surface area (Å²) < 4.78 is 15.4. The minimum absolute atomic E-state index is 0.0134. The van der Waals surface area contributed by atoms with E-state index in [1.807, 2.05) is 27.7 Å². The Bertz CT molecular complexity index is 998. The van der Waals surface area contributed by atoms with Crippen molar-refractivity contribution in [3.63, 3.8) is 0 Å².